The molecule has 2 aromatic heterocycles. The number of furan rings is 1. The Kier molecular flexibility index (Phi) is 4.65. The standard InChI is InChI=1S/C22H23N3O3/c1-15-7-9-19(28-15)22(2,27)14-24-20-10-8-17(13-23-20)21(26)25-12-11-16-5-3-4-6-18(16)25/h3-10,13,27H,11-12,14H2,1-2H3,(H,23,24). The lowest BCUT2D eigenvalue weighted by atomic mass is 10.0. The number of para-hydroxylation sites is 1. The number of hydrogen-bond acceptors (Lipinski definition) is 5. The second-order valence-electron chi connectivity index (χ2n) is 7.31. The van der Waals surface area contributed by atoms with Gasteiger partial charge < -0.3 is 19.7 Å². The molecule has 0 saturated heterocycles. The molecule has 0 spiro atoms. The average Bonchev–Trinajstić information content (AvgIpc) is 3.33. The van der Waals surface area contributed by atoms with Crippen molar-refractivity contribution in [2.24, 2.45) is 0 Å². The molecule has 1 atom stereocenters. The van der Waals surface area contributed by atoms with Gasteiger partial charge in [0.2, 0.25) is 0 Å². The third kappa shape index (κ3) is 3.51. The Labute approximate surface area is 163 Å². The van der Waals surface area contributed by atoms with E-state index in [0.717, 1.165) is 17.9 Å². The number of aromatic nitrogens is 1. The molecule has 144 valence electrons. The number of nitrogens with one attached hydrogen (secondary N) is 1. The van der Waals surface area contributed by atoms with Crippen molar-refractivity contribution in [3.8, 4) is 0 Å². The van der Waals surface area contributed by atoms with E-state index in [0.29, 0.717) is 23.7 Å². The maximum Gasteiger partial charge on any atom is 0.259 e. The monoisotopic (exact) mass is 377 g/mol. The van der Waals surface area contributed by atoms with E-state index in [1.807, 2.05) is 31.2 Å². The van der Waals surface area contributed by atoms with Gasteiger partial charge in [-0.15, -0.1) is 0 Å². The first-order chi connectivity index (χ1) is 13.4. The van der Waals surface area contributed by atoms with Gasteiger partial charge in [0.15, 0.2) is 0 Å². The van der Waals surface area contributed by atoms with Crippen LogP contribution in [0.1, 0.15) is 34.4 Å². The molecule has 3 heterocycles. The van der Waals surface area contributed by atoms with Crippen molar-refractivity contribution in [2.45, 2.75) is 25.9 Å². The normalized spacial score (nSPS) is 15.2. The summed E-state index contributed by atoms with van der Waals surface area (Å²) >= 11 is 0. The topological polar surface area (TPSA) is 78.6 Å². The fourth-order valence-corrected chi connectivity index (χ4v) is 3.40. The number of aryl methyl sites for hydroxylation is 1. The first kappa shape index (κ1) is 18.3. The van der Waals surface area contributed by atoms with Crippen LogP contribution in [-0.4, -0.2) is 29.1 Å². The highest BCUT2D eigenvalue weighted by molar-refractivity contribution is 6.07. The smallest absolute Gasteiger partial charge is 0.259 e. The fourth-order valence-electron chi connectivity index (χ4n) is 3.40. The zero-order valence-corrected chi connectivity index (χ0v) is 16.0. The van der Waals surface area contributed by atoms with Gasteiger partial charge in [-0.3, -0.25) is 4.79 Å². The van der Waals surface area contributed by atoms with Gasteiger partial charge in [-0.2, -0.15) is 0 Å². The summed E-state index contributed by atoms with van der Waals surface area (Å²) < 4.78 is 5.51. The SMILES string of the molecule is Cc1ccc(C(C)(O)CNc2ccc(C(=O)N3CCc4ccccc43)cn2)o1. The van der Waals surface area contributed by atoms with Gasteiger partial charge in [-0.05, 0) is 56.2 Å². The molecule has 0 saturated carbocycles. The Bertz CT molecular complexity index is 992. The van der Waals surface area contributed by atoms with E-state index in [1.165, 1.54) is 5.56 Å². The van der Waals surface area contributed by atoms with Gasteiger partial charge in [-0.25, -0.2) is 4.98 Å². The number of rotatable bonds is 5. The van der Waals surface area contributed by atoms with Crippen molar-refractivity contribution in [2.75, 3.05) is 23.3 Å². The highest BCUT2D eigenvalue weighted by atomic mass is 16.4. The van der Waals surface area contributed by atoms with Gasteiger partial charge in [0, 0.05) is 18.4 Å². The lowest BCUT2D eigenvalue weighted by Gasteiger charge is -2.21. The second-order valence-corrected chi connectivity index (χ2v) is 7.31. The molecular formula is C22H23N3O3. The summed E-state index contributed by atoms with van der Waals surface area (Å²) in [6, 6.07) is 15.1. The largest absolute Gasteiger partial charge is 0.463 e. The van der Waals surface area contributed by atoms with Crippen LogP contribution in [0.4, 0.5) is 11.5 Å². The maximum absolute atomic E-state index is 12.8. The summed E-state index contributed by atoms with van der Waals surface area (Å²) in [6.07, 6.45) is 2.44. The third-order valence-electron chi connectivity index (χ3n) is 5.03. The van der Waals surface area contributed by atoms with Crippen LogP contribution >= 0.6 is 0 Å². The fraction of sp³-hybridized carbons (Fsp3) is 0.273. The summed E-state index contributed by atoms with van der Waals surface area (Å²) in [5.74, 6) is 1.78. The van der Waals surface area contributed by atoms with Crippen molar-refractivity contribution in [1.82, 2.24) is 4.98 Å². The average molecular weight is 377 g/mol. The molecule has 4 rings (SSSR count). The van der Waals surface area contributed by atoms with Crippen LogP contribution in [0.15, 0.2) is 59.1 Å². The van der Waals surface area contributed by atoms with Crippen molar-refractivity contribution in [3.05, 3.63) is 77.4 Å². The molecule has 1 aromatic carbocycles. The summed E-state index contributed by atoms with van der Waals surface area (Å²) in [4.78, 5) is 19.0. The van der Waals surface area contributed by atoms with E-state index < -0.39 is 5.60 Å². The van der Waals surface area contributed by atoms with E-state index in [-0.39, 0.29) is 12.5 Å². The number of fused-ring (bicyclic) bond motifs is 1. The van der Waals surface area contributed by atoms with Crippen molar-refractivity contribution < 1.29 is 14.3 Å². The number of aliphatic hydroxyl groups is 1. The maximum atomic E-state index is 12.8. The van der Waals surface area contributed by atoms with E-state index in [1.54, 1.807) is 36.2 Å². The van der Waals surface area contributed by atoms with Crippen LogP contribution < -0.4 is 10.2 Å². The molecule has 1 amide bonds. The van der Waals surface area contributed by atoms with Crippen molar-refractivity contribution in [1.29, 1.82) is 0 Å². The van der Waals surface area contributed by atoms with Crippen LogP contribution in [-0.2, 0) is 12.0 Å². The molecule has 6 heteroatoms. The predicted molar refractivity (Wildman–Crippen MR) is 108 cm³/mol. The van der Waals surface area contributed by atoms with Gasteiger partial charge in [0.1, 0.15) is 22.9 Å². The lowest BCUT2D eigenvalue weighted by Crippen LogP contribution is -2.31. The van der Waals surface area contributed by atoms with Crippen LogP contribution in [0, 0.1) is 6.92 Å². The summed E-state index contributed by atoms with van der Waals surface area (Å²) in [5, 5.41) is 13.7. The van der Waals surface area contributed by atoms with Gasteiger partial charge >= 0.3 is 0 Å². The Hall–Kier alpha value is -3.12. The van der Waals surface area contributed by atoms with Crippen molar-refractivity contribution in [3.63, 3.8) is 0 Å². The van der Waals surface area contributed by atoms with E-state index in [2.05, 4.69) is 16.4 Å². The molecule has 1 unspecified atom stereocenters. The molecule has 0 aliphatic carbocycles. The van der Waals surface area contributed by atoms with Gasteiger partial charge in [0.05, 0.1) is 12.1 Å². The number of pyridine rings is 1. The number of hydrogen-bond donors (Lipinski definition) is 2. The molecule has 3 aromatic rings. The van der Waals surface area contributed by atoms with Crippen LogP contribution in [0.5, 0.6) is 0 Å². The molecule has 28 heavy (non-hydrogen) atoms. The number of carbonyl (C=O) groups excluding carboxylic acids is 1. The highest BCUT2D eigenvalue weighted by Crippen LogP contribution is 2.29. The zero-order chi connectivity index (χ0) is 19.7. The third-order valence-corrected chi connectivity index (χ3v) is 5.03. The van der Waals surface area contributed by atoms with Crippen molar-refractivity contribution >= 4 is 17.4 Å². The Morgan fingerprint density at radius 1 is 1.25 bits per heavy atom. The molecule has 0 radical (unpaired) electrons. The second kappa shape index (κ2) is 7.13. The van der Waals surface area contributed by atoms with Crippen LogP contribution in [0.3, 0.4) is 0 Å². The molecule has 0 bridgehead atoms. The first-order valence-corrected chi connectivity index (χ1v) is 9.33. The first-order valence-electron chi connectivity index (χ1n) is 9.33. The molecule has 6 nitrogen and oxygen atoms in total. The van der Waals surface area contributed by atoms with E-state index >= 15 is 0 Å². The number of carbonyl (C=O) groups is 1. The Balaban J connectivity index is 1.42. The van der Waals surface area contributed by atoms with E-state index in [9.17, 15) is 9.90 Å². The summed E-state index contributed by atoms with van der Waals surface area (Å²) in [5.41, 5.74) is 1.54. The number of benzene rings is 1. The molecule has 1 aliphatic heterocycles. The molecule has 2 N–H and O–H groups in total. The highest BCUT2D eigenvalue weighted by Gasteiger charge is 2.27. The van der Waals surface area contributed by atoms with Gasteiger partial charge in [-0.1, -0.05) is 18.2 Å². The molecule has 1 aliphatic rings. The minimum atomic E-state index is -1.16. The minimum Gasteiger partial charge on any atom is -0.463 e. The van der Waals surface area contributed by atoms with Crippen LogP contribution in [0.25, 0.3) is 0 Å². The Morgan fingerprint density at radius 3 is 2.79 bits per heavy atom. The summed E-state index contributed by atoms with van der Waals surface area (Å²) in [7, 11) is 0. The molecule has 0 fully saturated rings. The predicted octanol–water partition coefficient (Wildman–Crippen LogP) is 3.51. The minimum absolute atomic E-state index is 0.0537. The zero-order valence-electron chi connectivity index (χ0n) is 16.0. The number of nitrogens with zero attached hydrogens (tertiary/aromatic N) is 2. The van der Waals surface area contributed by atoms with Crippen LogP contribution in [0.2, 0.25) is 0 Å². The van der Waals surface area contributed by atoms with Gasteiger partial charge in [0.25, 0.3) is 5.91 Å². The quantitative estimate of drug-likeness (QED) is 0.711. The Morgan fingerprint density at radius 2 is 2.07 bits per heavy atom. The summed E-state index contributed by atoms with van der Waals surface area (Å²) in [6.45, 7) is 4.44. The molecular weight excluding hydrogens is 354 g/mol. The number of anilines is 2. The van der Waals surface area contributed by atoms with E-state index in [4.69, 9.17) is 4.42 Å². The lowest BCUT2D eigenvalue weighted by molar-refractivity contribution is 0.0467. The number of amides is 1.